The van der Waals surface area contributed by atoms with Gasteiger partial charge in [-0.05, 0) is 31.0 Å². The van der Waals surface area contributed by atoms with E-state index >= 15 is 0 Å². The largest absolute Gasteiger partial charge is 0.385 e. The summed E-state index contributed by atoms with van der Waals surface area (Å²) in [6, 6.07) is 5.09. The highest BCUT2D eigenvalue weighted by atomic mass is 32.1. The Bertz CT molecular complexity index is 1360. The number of ether oxygens (including phenoxy) is 1. The molecule has 4 heterocycles. The molecule has 0 spiro atoms. The minimum Gasteiger partial charge on any atom is -0.385 e. The molecule has 0 aliphatic carbocycles. The third-order valence-corrected chi connectivity index (χ3v) is 5.45. The van der Waals surface area contributed by atoms with Crippen molar-refractivity contribution in [2.24, 2.45) is 0 Å². The van der Waals surface area contributed by atoms with Crippen molar-refractivity contribution < 1.29 is 9.53 Å². The van der Waals surface area contributed by atoms with Crippen molar-refractivity contribution in [1.29, 1.82) is 5.41 Å². The van der Waals surface area contributed by atoms with Crippen LogP contribution in [0, 0.1) is 12.3 Å². The van der Waals surface area contributed by atoms with Gasteiger partial charge in [0.1, 0.15) is 16.8 Å². The molecule has 0 saturated carbocycles. The summed E-state index contributed by atoms with van der Waals surface area (Å²) in [5.74, 6) is -0.494. The number of fused-ring (bicyclic) bond motifs is 2. The van der Waals surface area contributed by atoms with Crippen LogP contribution in [0.3, 0.4) is 0 Å². The maximum absolute atomic E-state index is 13.2. The third-order valence-electron chi connectivity index (χ3n) is 4.76. The predicted octanol–water partition coefficient (Wildman–Crippen LogP) is 2.18. The molecule has 1 amide bonds. The van der Waals surface area contributed by atoms with Gasteiger partial charge in [0.2, 0.25) is 0 Å². The standard InChI is InChI=1S/C20H20N6O3S/c1-12-5-3-7-26-16(12)23-17-14(19(26)28)11-13(15(21)25(17)8-4-9-29-2)18(27)24-20-22-6-10-30-20/h3,5-7,10-11,21H,4,8-9H2,1-2H3,(H,22,24,27). The molecule has 0 unspecified atom stereocenters. The van der Waals surface area contributed by atoms with Crippen molar-refractivity contribution in [3.8, 4) is 0 Å². The van der Waals surface area contributed by atoms with E-state index in [9.17, 15) is 9.59 Å². The summed E-state index contributed by atoms with van der Waals surface area (Å²) in [5.41, 5.74) is 1.52. The Kier molecular flexibility index (Phi) is 5.42. The van der Waals surface area contributed by atoms with E-state index in [2.05, 4.69) is 15.3 Å². The maximum Gasteiger partial charge on any atom is 0.267 e. The lowest BCUT2D eigenvalue weighted by molar-refractivity contribution is 0.102. The van der Waals surface area contributed by atoms with Crippen molar-refractivity contribution in [2.75, 3.05) is 19.0 Å². The van der Waals surface area contributed by atoms with Gasteiger partial charge < -0.3 is 9.30 Å². The molecule has 0 radical (unpaired) electrons. The Morgan fingerprint density at radius 3 is 2.93 bits per heavy atom. The number of nitrogens with one attached hydrogen (secondary N) is 2. The van der Waals surface area contributed by atoms with Gasteiger partial charge in [-0.15, -0.1) is 11.3 Å². The number of rotatable bonds is 6. The first kappa shape index (κ1) is 19.9. The summed E-state index contributed by atoms with van der Waals surface area (Å²) in [6.07, 6.45) is 3.84. The van der Waals surface area contributed by atoms with E-state index in [4.69, 9.17) is 10.1 Å². The second-order valence-electron chi connectivity index (χ2n) is 6.74. The summed E-state index contributed by atoms with van der Waals surface area (Å²) in [7, 11) is 1.60. The van der Waals surface area contributed by atoms with Crippen LogP contribution in [0.15, 0.2) is 40.8 Å². The van der Waals surface area contributed by atoms with E-state index in [1.54, 1.807) is 35.5 Å². The number of pyridine rings is 2. The summed E-state index contributed by atoms with van der Waals surface area (Å²) in [5, 5.41) is 13.8. The van der Waals surface area contributed by atoms with Crippen LogP contribution < -0.4 is 16.4 Å². The quantitative estimate of drug-likeness (QED) is 0.364. The number of aromatic nitrogens is 4. The van der Waals surface area contributed by atoms with Gasteiger partial charge in [-0.3, -0.25) is 24.7 Å². The first-order chi connectivity index (χ1) is 14.5. The van der Waals surface area contributed by atoms with Crippen LogP contribution >= 0.6 is 11.3 Å². The lowest BCUT2D eigenvalue weighted by atomic mass is 10.2. The normalized spacial score (nSPS) is 11.3. The second-order valence-corrected chi connectivity index (χ2v) is 7.63. The number of hydrogen-bond donors (Lipinski definition) is 2. The molecule has 4 aromatic heterocycles. The van der Waals surface area contributed by atoms with E-state index in [1.165, 1.54) is 21.8 Å². The molecule has 0 atom stereocenters. The van der Waals surface area contributed by atoms with Crippen LogP contribution in [0.25, 0.3) is 16.7 Å². The molecule has 9 nitrogen and oxygen atoms in total. The highest BCUT2D eigenvalue weighted by Crippen LogP contribution is 2.15. The van der Waals surface area contributed by atoms with Gasteiger partial charge in [-0.1, -0.05) is 6.07 Å². The number of carbonyl (C=O) groups excluding carboxylic acids is 1. The van der Waals surface area contributed by atoms with Crippen LogP contribution in [0.1, 0.15) is 22.3 Å². The Hall–Kier alpha value is -3.37. The maximum atomic E-state index is 13.2. The molecular weight excluding hydrogens is 404 g/mol. The van der Waals surface area contributed by atoms with Crippen molar-refractivity contribution in [3.05, 3.63) is 62.9 Å². The predicted molar refractivity (Wildman–Crippen MR) is 114 cm³/mol. The highest BCUT2D eigenvalue weighted by molar-refractivity contribution is 7.13. The first-order valence-corrected chi connectivity index (χ1v) is 10.2. The second kappa shape index (κ2) is 8.17. The van der Waals surface area contributed by atoms with Crippen LogP contribution in [-0.2, 0) is 11.3 Å². The topological polar surface area (TPSA) is 114 Å². The zero-order valence-electron chi connectivity index (χ0n) is 16.5. The van der Waals surface area contributed by atoms with Gasteiger partial charge in [0, 0.05) is 38.0 Å². The molecule has 2 N–H and O–H groups in total. The van der Waals surface area contributed by atoms with Gasteiger partial charge in [0.25, 0.3) is 11.5 Å². The first-order valence-electron chi connectivity index (χ1n) is 9.31. The molecule has 0 fully saturated rings. The average Bonchev–Trinajstić information content (AvgIpc) is 3.23. The molecule has 154 valence electrons. The lowest BCUT2D eigenvalue weighted by Crippen LogP contribution is -2.32. The fourth-order valence-corrected chi connectivity index (χ4v) is 3.83. The molecule has 0 bridgehead atoms. The molecule has 0 saturated heterocycles. The lowest BCUT2D eigenvalue weighted by Gasteiger charge is -2.15. The van der Waals surface area contributed by atoms with Gasteiger partial charge in [0.05, 0.1) is 10.9 Å². The van der Waals surface area contributed by atoms with Crippen molar-refractivity contribution in [2.45, 2.75) is 19.9 Å². The van der Waals surface area contributed by atoms with E-state index in [0.717, 1.165) is 5.56 Å². The Morgan fingerprint density at radius 2 is 2.20 bits per heavy atom. The van der Waals surface area contributed by atoms with Crippen molar-refractivity contribution in [3.63, 3.8) is 0 Å². The monoisotopic (exact) mass is 424 g/mol. The van der Waals surface area contributed by atoms with Crippen LogP contribution in [0.2, 0.25) is 0 Å². The molecule has 10 heteroatoms. The van der Waals surface area contributed by atoms with Crippen LogP contribution in [0.5, 0.6) is 0 Å². The summed E-state index contributed by atoms with van der Waals surface area (Å²) in [4.78, 5) is 34.8. The molecule has 4 aromatic rings. The van der Waals surface area contributed by atoms with Gasteiger partial charge in [0.15, 0.2) is 5.13 Å². The Labute approximate surface area is 175 Å². The number of amides is 1. The van der Waals surface area contributed by atoms with E-state index in [0.29, 0.717) is 36.0 Å². The van der Waals surface area contributed by atoms with E-state index < -0.39 is 5.91 Å². The number of thiazole rings is 1. The third kappa shape index (κ3) is 3.51. The number of aryl methyl sites for hydroxylation is 2. The molecule has 0 aromatic carbocycles. The van der Waals surface area contributed by atoms with E-state index in [-0.39, 0.29) is 22.0 Å². The molecule has 0 aliphatic rings. The van der Waals surface area contributed by atoms with E-state index in [1.807, 2.05) is 13.0 Å². The van der Waals surface area contributed by atoms with Gasteiger partial charge in [-0.25, -0.2) is 9.97 Å². The summed E-state index contributed by atoms with van der Waals surface area (Å²) < 4.78 is 8.19. The molecule has 30 heavy (non-hydrogen) atoms. The van der Waals surface area contributed by atoms with Gasteiger partial charge in [-0.2, -0.15) is 0 Å². The molecule has 0 aliphatic heterocycles. The van der Waals surface area contributed by atoms with Crippen molar-refractivity contribution >= 4 is 39.1 Å². The highest BCUT2D eigenvalue weighted by Gasteiger charge is 2.18. The number of methoxy groups -OCH3 is 1. The SMILES string of the molecule is COCCCn1c(=N)c(C(=O)Nc2nccs2)cc2c(=O)n3cccc(C)c3nc21. The molecular formula is C20H20N6O3S. The van der Waals surface area contributed by atoms with Gasteiger partial charge >= 0.3 is 0 Å². The summed E-state index contributed by atoms with van der Waals surface area (Å²) >= 11 is 1.28. The zero-order chi connectivity index (χ0) is 21.3. The number of carbonyl (C=O) groups is 1. The zero-order valence-corrected chi connectivity index (χ0v) is 17.3. The summed E-state index contributed by atoms with van der Waals surface area (Å²) in [6.45, 7) is 2.74. The van der Waals surface area contributed by atoms with Crippen molar-refractivity contribution in [1.82, 2.24) is 18.9 Å². The minimum atomic E-state index is -0.494. The minimum absolute atomic E-state index is 0.0162. The van der Waals surface area contributed by atoms with Crippen LogP contribution in [-0.4, -0.2) is 38.6 Å². The molecule has 4 rings (SSSR count). The Balaban J connectivity index is 1.97. The Morgan fingerprint density at radius 1 is 1.37 bits per heavy atom. The smallest absolute Gasteiger partial charge is 0.267 e. The average molecular weight is 424 g/mol. The number of hydrogen-bond acceptors (Lipinski definition) is 7. The fraction of sp³-hybridized carbons (Fsp3) is 0.250. The fourth-order valence-electron chi connectivity index (χ4n) is 3.30. The van der Waals surface area contributed by atoms with Crippen LogP contribution in [0.4, 0.5) is 5.13 Å². The number of anilines is 1. The number of nitrogens with zero attached hydrogens (tertiary/aromatic N) is 4.